The number of hydrogen-bond donors (Lipinski definition) is 1. The molecule has 0 saturated carbocycles. The first kappa shape index (κ1) is 18.1. The van der Waals surface area contributed by atoms with Crippen LogP contribution in [0.2, 0.25) is 0 Å². The summed E-state index contributed by atoms with van der Waals surface area (Å²) in [4.78, 5) is 4.02. The third-order valence-electron chi connectivity index (χ3n) is 4.11. The highest BCUT2D eigenvalue weighted by atomic mass is 19.4. The lowest BCUT2D eigenvalue weighted by molar-refractivity contribution is -0.137. The molecule has 26 heavy (non-hydrogen) atoms. The monoisotopic (exact) mass is 356 g/mol. The van der Waals surface area contributed by atoms with Crippen molar-refractivity contribution < 1.29 is 13.2 Å². The summed E-state index contributed by atoms with van der Waals surface area (Å²) in [6.07, 6.45) is -0.227. The van der Waals surface area contributed by atoms with E-state index in [2.05, 4.69) is 16.4 Å². The molecule has 0 saturated heterocycles. The van der Waals surface area contributed by atoms with Crippen LogP contribution in [0.15, 0.2) is 73.1 Å². The summed E-state index contributed by atoms with van der Waals surface area (Å²) >= 11 is 0. The normalized spacial score (nSPS) is 11.5. The van der Waals surface area contributed by atoms with Crippen molar-refractivity contribution in [1.82, 2.24) is 10.3 Å². The molecule has 0 radical (unpaired) electrons. The number of rotatable bonds is 6. The van der Waals surface area contributed by atoms with E-state index in [0.29, 0.717) is 25.1 Å². The molecule has 134 valence electrons. The Balaban J connectivity index is 1.55. The predicted molar refractivity (Wildman–Crippen MR) is 96.5 cm³/mol. The quantitative estimate of drug-likeness (QED) is 0.622. The van der Waals surface area contributed by atoms with E-state index in [1.807, 2.05) is 30.3 Å². The van der Waals surface area contributed by atoms with Gasteiger partial charge in [-0.2, -0.15) is 13.2 Å². The highest BCUT2D eigenvalue weighted by molar-refractivity contribution is 5.63. The molecule has 2 nitrogen and oxygen atoms in total. The number of hydrogen-bond acceptors (Lipinski definition) is 2. The first-order valence-corrected chi connectivity index (χ1v) is 8.38. The van der Waals surface area contributed by atoms with Crippen LogP contribution in [0.5, 0.6) is 0 Å². The van der Waals surface area contributed by atoms with Gasteiger partial charge in [0.2, 0.25) is 0 Å². The molecule has 3 aromatic rings. The van der Waals surface area contributed by atoms with E-state index in [-0.39, 0.29) is 0 Å². The minimum absolute atomic E-state index is 0.550. The Bertz CT molecular complexity index is 845. The summed E-state index contributed by atoms with van der Waals surface area (Å²) in [5.74, 6) is 0. The molecule has 0 aliphatic heterocycles. The lowest BCUT2D eigenvalue weighted by atomic mass is 10.0. The SMILES string of the molecule is FC(F)(F)c1cccc(CCNCc2cccc(-c3ccncc3)c2)c1. The number of alkyl halides is 3. The van der Waals surface area contributed by atoms with E-state index < -0.39 is 11.7 Å². The van der Waals surface area contributed by atoms with Gasteiger partial charge in [0.15, 0.2) is 0 Å². The van der Waals surface area contributed by atoms with E-state index in [1.54, 1.807) is 18.5 Å². The first-order chi connectivity index (χ1) is 12.5. The Labute approximate surface area is 150 Å². The van der Waals surface area contributed by atoms with Gasteiger partial charge in [-0.05, 0) is 59.5 Å². The molecule has 0 fully saturated rings. The molecule has 0 bridgehead atoms. The van der Waals surface area contributed by atoms with Crippen molar-refractivity contribution in [2.45, 2.75) is 19.1 Å². The topological polar surface area (TPSA) is 24.9 Å². The van der Waals surface area contributed by atoms with Crippen LogP contribution in [-0.4, -0.2) is 11.5 Å². The van der Waals surface area contributed by atoms with Gasteiger partial charge in [-0.1, -0.05) is 36.4 Å². The number of aromatic nitrogens is 1. The number of nitrogens with one attached hydrogen (secondary N) is 1. The summed E-state index contributed by atoms with van der Waals surface area (Å²) in [7, 11) is 0. The summed E-state index contributed by atoms with van der Waals surface area (Å²) in [5.41, 5.74) is 3.43. The fourth-order valence-electron chi connectivity index (χ4n) is 2.77. The van der Waals surface area contributed by atoms with Crippen LogP contribution in [0.4, 0.5) is 13.2 Å². The maximum Gasteiger partial charge on any atom is 0.416 e. The van der Waals surface area contributed by atoms with Crippen molar-refractivity contribution in [2.24, 2.45) is 0 Å². The van der Waals surface area contributed by atoms with Gasteiger partial charge in [0.1, 0.15) is 0 Å². The smallest absolute Gasteiger partial charge is 0.312 e. The molecule has 3 rings (SSSR count). The van der Waals surface area contributed by atoms with Crippen molar-refractivity contribution in [1.29, 1.82) is 0 Å². The highest BCUT2D eigenvalue weighted by Crippen LogP contribution is 2.29. The lowest BCUT2D eigenvalue weighted by Crippen LogP contribution is -2.17. The van der Waals surface area contributed by atoms with E-state index in [9.17, 15) is 13.2 Å². The van der Waals surface area contributed by atoms with Crippen molar-refractivity contribution in [3.05, 3.63) is 89.7 Å². The zero-order chi connectivity index (χ0) is 18.4. The average molecular weight is 356 g/mol. The molecule has 1 heterocycles. The zero-order valence-corrected chi connectivity index (χ0v) is 14.1. The first-order valence-electron chi connectivity index (χ1n) is 8.38. The van der Waals surface area contributed by atoms with Crippen LogP contribution in [0.25, 0.3) is 11.1 Å². The second-order valence-corrected chi connectivity index (χ2v) is 6.06. The number of benzene rings is 2. The molecule has 0 unspecified atom stereocenters. The molecule has 0 aliphatic carbocycles. The second-order valence-electron chi connectivity index (χ2n) is 6.06. The van der Waals surface area contributed by atoms with Crippen molar-refractivity contribution >= 4 is 0 Å². The summed E-state index contributed by atoms with van der Waals surface area (Å²) in [5, 5.41) is 3.29. The number of nitrogens with zero attached hydrogens (tertiary/aromatic N) is 1. The minimum Gasteiger partial charge on any atom is -0.312 e. The largest absolute Gasteiger partial charge is 0.416 e. The van der Waals surface area contributed by atoms with Crippen LogP contribution in [0.1, 0.15) is 16.7 Å². The molecule has 5 heteroatoms. The third kappa shape index (κ3) is 4.92. The maximum atomic E-state index is 12.7. The van der Waals surface area contributed by atoms with Crippen molar-refractivity contribution in [2.75, 3.05) is 6.54 Å². The Morgan fingerprint density at radius 2 is 1.54 bits per heavy atom. The van der Waals surface area contributed by atoms with Gasteiger partial charge < -0.3 is 5.32 Å². The molecule has 1 aromatic heterocycles. The van der Waals surface area contributed by atoms with Crippen LogP contribution in [0.3, 0.4) is 0 Å². The van der Waals surface area contributed by atoms with Gasteiger partial charge in [0.25, 0.3) is 0 Å². The van der Waals surface area contributed by atoms with Crippen molar-refractivity contribution in [3.8, 4) is 11.1 Å². The third-order valence-corrected chi connectivity index (χ3v) is 4.11. The molecule has 0 spiro atoms. The van der Waals surface area contributed by atoms with Crippen LogP contribution < -0.4 is 5.32 Å². The fourth-order valence-corrected chi connectivity index (χ4v) is 2.77. The average Bonchev–Trinajstić information content (AvgIpc) is 2.66. The highest BCUT2D eigenvalue weighted by Gasteiger charge is 2.30. The van der Waals surface area contributed by atoms with E-state index >= 15 is 0 Å². The van der Waals surface area contributed by atoms with Crippen molar-refractivity contribution in [3.63, 3.8) is 0 Å². The zero-order valence-electron chi connectivity index (χ0n) is 14.1. The Kier molecular flexibility index (Phi) is 5.68. The summed E-state index contributed by atoms with van der Waals surface area (Å²) in [6, 6.07) is 17.6. The minimum atomic E-state index is -4.29. The molecule has 0 atom stereocenters. The predicted octanol–water partition coefficient (Wildman–Crippen LogP) is 5.10. The standard InChI is InChI=1S/C21H19F3N2/c22-21(23,24)20-6-2-3-16(14-20)7-10-26-15-17-4-1-5-19(13-17)18-8-11-25-12-9-18/h1-6,8-9,11-14,26H,7,10,15H2. The van der Waals surface area contributed by atoms with Gasteiger partial charge in [0.05, 0.1) is 5.56 Å². The maximum absolute atomic E-state index is 12.7. The van der Waals surface area contributed by atoms with Gasteiger partial charge in [-0.3, -0.25) is 4.98 Å². The molecule has 0 amide bonds. The summed E-state index contributed by atoms with van der Waals surface area (Å²) < 4.78 is 38.2. The Morgan fingerprint density at radius 3 is 2.31 bits per heavy atom. The van der Waals surface area contributed by atoms with Crippen LogP contribution in [-0.2, 0) is 19.1 Å². The number of halogens is 3. The van der Waals surface area contributed by atoms with Crippen LogP contribution in [0, 0.1) is 0 Å². The van der Waals surface area contributed by atoms with Gasteiger partial charge >= 0.3 is 6.18 Å². The van der Waals surface area contributed by atoms with Crippen LogP contribution >= 0.6 is 0 Å². The Hall–Kier alpha value is -2.66. The van der Waals surface area contributed by atoms with E-state index in [1.165, 1.54) is 12.1 Å². The molecule has 2 aromatic carbocycles. The van der Waals surface area contributed by atoms with E-state index in [0.717, 1.165) is 22.8 Å². The molecular formula is C21H19F3N2. The van der Waals surface area contributed by atoms with Gasteiger partial charge in [0, 0.05) is 18.9 Å². The lowest BCUT2D eigenvalue weighted by Gasteiger charge is -2.10. The second kappa shape index (κ2) is 8.15. The molecular weight excluding hydrogens is 337 g/mol. The van der Waals surface area contributed by atoms with Gasteiger partial charge in [-0.15, -0.1) is 0 Å². The Morgan fingerprint density at radius 1 is 0.808 bits per heavy atom. The molecule has 1 N–H and O–H groups in total. The van der Waals surface area contributed by atoms with Gasteiger partial charge in [-0.25, -0.2) is 0 Å². The fraction of sp³-hybridized carbons (Fsp3) is 0.190. The molecule has 0 aliphatic rings. The van der Waals surface area contributed by atoms with E-state index in [4.69, 9.17) is 0 Å². The summed E-state index contributed by atoms with van der Waals surface area (Å²) in [6.45, 7) is 1.28. The number of pyridine rings is 1.